The van der Waals surface area contributed by atoms with Crippen LogP contribution in [0.25, 0.3) is 0 Å². The van der Waals surface area contributed by atoms with Crippen LogP contribution in [0.1, 0.15) is 22.5 Å². The van der Waals surface area contributed by atoms with Crippen LogP contribution >= 0.6 is 0 Å². The van der Waals surface area contributed by atoms with E-state index in [1.165, 1.54) is 0 Å². The number of pyridine rings is 1. The maximum Gasteiger partial charge on any atom is 0.356 e. The first-order valence-corrected chi connectivity index (χ1v) is 3.61. The van der Waals surface area contributed by atoms with Gasteiger partial charge in [0.2, 0.25) is 0 Å². The summed E-state index contributed by atoms with van der Waals surface area (Å²) >= 11 is 0. The van der Waals surface area contributed by atoms with Gasteiger partial charge in [-0.3, -0.25) is 0 Å². The van der Waals surface area contributed by atoms with E-state index in [9.17, 15) is 13.6 Å². The molecular weight excluding hydrogens is 196 g/mol. The molecule has 0 radical (unpaired) electrons. The van der Waals surface area contributed by atoms with Crippen molar-refractivity contribution in [1.82, 2.24) is 4.98 Å². The Labute approximate surface area is 78.1 Å². The lowest BCUT2D eigenvalue weighted by Crippen LogP contribution is -2.05. The fourth-order valence-electron chi connectivity index (χ4n) is 0.855. The zero-order valence-corrected chi connectivity index (χ0v) is 7.20. The van der Waals surface area contributed by atoms with Gasteiger partial charge in [0.25, 0.3) is 6.43 Å². The molecule has 1 heterocycles. The van der Waals surface area contributed by atoms with E-state index < -0.39 is 23.7 Å². The maximum atomic E-state index is 12.2. The molecule has 0 saturated heterocycles. The molecule has 0 unspecified atom stereocenters. The summed E-state index contributed by atoms with van der Waals surface area (Å²) in [6, 6.07) is 0.797. The van der Waals surface area contributed by atoms with Gasteiger partial charge in [0.05, 0.1) is 18.9 Å². The second kappa shape index (κ2) is 3.99. The van der Waals surface area contributed by atoms with Gasteiger partial charge in [-0.05, 0) is 6.07 Å². The standard InChI is InChI=1S/C8H7F2NO3/c1-14-8(13)5-2-4(7(9)10)6(12)3-11-5/h2-3,7,12H,1H3. The van der Waals surface area contributed by atoms with Crippen LogP contribution in [0.3, 0.4) is 0 Å². The molecule has 0 bridgehead atoms. The number of ether oxygens (including phenoxy) is 1. The first-order chi connectivity index (χ1) is 6.56. The number of alkyl halides is 2. The molecule has 14 heavy (non-hydrogen) atoms. The molecule has 0 aromatic carbocycles. The van der Waals surface area contributed by atoms with Gasteiger partial charge in [-0.25, -0.2) is 18.6 Å². The zero-order chi connectivity index (χ0) is 10.7. The molecule has 0 saturated carbocycles. The van der Waals surface area contributed by atoms with Crippen molar-refractivity contribution >= 4 is 5.97 Å². The topological polar surface area (TPSA) is 59.4 Å². The van der Waals surface area contributed by atoms with E-state index in [0.717, 1.165) is 19.4 Å². The molecule has 1 aromatic rings. The minimum absolute atomic E-state index is 0.263. The third-order valence-electron chi connectivity index (χ3n) is 1.54. The fraction of sp³-hybridized carbons (Fsp3) is 0.250. The first kappa shape index (κ1) is 10.4. The number of hydrogen-bond donors (Lipinski definition) is 1. The summed E-state index contributed by atoms with van der Waals surface area (Å²) in [7, 11) is 1.11. The Morgan fingerprint density at radius 1 is 1.64 bits per heavy atom. The van der Waals surface area contributed by atoms with Crippen molar-refractivity contribution in [2.24, 2.45) is 0 Å². The number of nitrogens with zero attached hydrogens (tertiary/aromatic N) is 1. The van der Waals surface area contributed by atoms with Gasteiger partial charge in [-0.2, -0.15) is 0 Å². The summed E-state index contributed by atoms with van der Waals surface area (Å²) in [6.45, 7) is 0. The van der Waals surface area contributed by atoms with E-state index >= 15 is 0 Å². The molecule has 1 aromatic heterocycles. The van der Waals surface area contributed by atoms with Crippen LogP contribution in [0.5, 0.6) is 5.75 Å². The van der Waals surface area contributed by atoms with Crippen molar-refractivity contribution in [2.45, 2.75) is 6.43 Å². The van der Waals surface area contributed by atoms with Crippen LogP contribution in [0.4, 0.5) is 8.78 Å². The van der Waals surface area contributed by atoms with Crippen molar-refractivity contribution < 1.29 is 23.4 Å². The Morgan fingerprint density at radius 3 is 2.79 bits per heavy atom. The SMILES string of the molecule is COC(=O)c1cc(C(F)F)c(O)cn1. The van der Waals surface area contributed by atoms with E-state index in [1.54, 1.807) is 0 Å². The molecule has 6 heteroatoms. The zero-order valence-electron chi connectivity index (χ0n) is 7.20. The lowest BCUT2D eigenvalue weighted by molar-refractivity contribution is 0.0593. The third kappa shape index (κ3) is 1.95. The molecule has 0 amide bonds. The predicted octanol–water partition coefficient (Wildman–Crippen LogP) is 1.51. The van der Waals surface area contributed by atoms with Crippen molar-refractivity contribution in [3.05, 3.63) is 23.5 Å². The van der Waals surface area contributed by atoms with Crippen molar-refractivity contribution in [2.75, 3.05) is 7.11 Å². The van der Waals surface area contributed by atoms with Crippen LogP contribution in [-0.2, 0) is 4.74 Å². The first-order valence-electron chi connectivity index (χ1n) is 3.61. The van der Waals surface area contributed by atoms with Crippen molar-refractivity contribution in [1.29, 1.82) is 0 Å². The maximum absolute atomic E-state index is 12.2. The van der Waals surface area contributed by atoms with Gasteiger partial charge in [0.15, 0.2) is 0 Å². The minimum atomic E-state index is -2.86. The minimum Gasteiger partial charge on any atom is -0.506 e. The number of esters is 1. The van der Waals surface area contributed by atoms with E-state index in [-0.39, 0.29) is 5.69 Å². The Hall–Kier alpha value is -1.72. The Balaban J connectivity index is 3.13. The third-order valence-corrected chi connectivity index (χ3v) is 1.54. The number of rotatable bonds is 2. The van der Waals surface area contributed by atoms with Gasteiger partial charge in [-0.15, -0.1) is 0 Å². The van der Waals surface area contributed by atoms with E-state index in [0.29, 0.717) is 0 Å². The number of aromatic nitrogens is 1. The van der Waals surface area contributed by atoms with Gasteiger partial charge < -0.3 is 9.84 Å². The number of halogens is 2. The van der Waals surface area contributed by atoms with Crippen LogP contribution < -0.4 is 0 Å². The summed E-state index contributed by atoms with van der Waals surface area (Å²) < 4.78 is 28.8. The molecule has 0 aliphatic rings. The normalized spacial score (nSPS) is 10.3. The van der Waals surface area contributed by atoms with Gasteiger partial charge in [0.1, 0.15) is 11.4 Å². The van der Waals surface area contributed by atoms with Gasteiger partial charge in [-0.1, -0.05) is 0 Å². The number of hydrogen-bond acceptors (Lipinski definition) is 4. The molecule has 0 aliphatic carbocycles. The van der Waals surface area contributed by atoms with Gasteiger partial charge >= 0.3 is 5.97 Å². The summed E-state index contributed by atoms with van der Waals surface area (Å²) in [5, 5.41) is 8.97. The fourth-order valence-corrected chi connectivity index (χ4v) is 0.855. The number of carbonyl (C=O) groups excluding carboxylic acids is 1. The molecule has 4 nitrogen and oxygen atoms in total. The molecule has 1 N–H and O–H groups in total. The summed E-state index contributed by atoms with van der Waals surface area (Å²) in [4.78, 5) is 14.3. The Bertz CT molecular complexity index is 354. The lowest BCUT2D eigenvalue weighted by Gasteiger charge is -2.04. The molecule has 76 valence electrons. The summed E-state index contributed by atoms with van der Waals surface area (Å²) in [5.41, 5.74) is -0.902. The molecular formula is C8H7F2NO3. The molecule has 0 aliphatic heterocycles. The monoisotopic (exact) mass is 203 g/mol. The number of methoxy groups -OCH3 is 1. The highest BCUT2D eigenvalue weighted by molar-refractivity contribution is 5.87. The van der Waals surface area contributed by atoms with E-state index in [2.05, 4.69) is 9.72 Å². The summed E-state index contributed by atoms with van der Waals surface area (Å²) in [6.07, 6.45) is -2.07. The molecule has 1 rings (SSSR count). The average molecular weight is 203 g/mol. The molecule has 0 spiro atoms. The van der Waals surface area contributed by atoms with Crippen molar-refractivity contribution in [3.8, 4) is 5.75 Å². The predicted molar refractivity (Wildman–Crippen MR) is 42.2 cm³/mol. The smallest absolute Gasteiger partial charge is 0.356 e. The quantitative estimate of drug-likeness (QED) is 0.740. The highest BCUT2D eigenvalue weighted by atomic mass is 19.3. The van der Waals surface area contributed by atoms with E-state index in [4.69, 9.17) is 5.11 Å². The van der Waals surface area contributed by atoms with E-state index in [1.807, 2.05) is 0 Å². The van der Waals surface area contributed by atoms with Crippen LogP contribution in [0, 0.1) is 0 Å². The molecule has 0 atom stereocenters. The Morgan fingerprint density at radius 2 is 2.29 bits per heavy atom. The molecule has 0 fully saturated rings. The highest BCUT2D eigenvalue weighted by Gasteiger charge is 2.17. The van der Waals surface area contributed by atoms with Gasteiger partial charge in [0, 0.05) is 0 Å². The second-order valence-electron chi connectivity index (χ2n) is 2.42. The summed E-state index contributed by atoms with van der Waals surface area (Å²) in [5.74, 6) is -1.47. The van der Waals surface area contributed by atoms with Crippen molar-refractivity contribution in [3.63, 3.8) is 0 Å². The second-order valence-corrected chi connectivity index (χ2v) is 2.42. The van der Waals surface area contributed by atoms with Crippen LogP contribution in [0.2, 0.25) is 0 Å². The largest absolute Gasteiger partial charge is 0.506 e. The lowest BCUT2D eigenvalue weighted by atomic mass is 10.2. The van der Waals surface area contributed by atoms with Crippen LogP contribution in [0.15, 0.2) is 12.3 Å². The number of carbonyl (C=O) groups is 1. The average Bonchev–Trinajstić information content (AvgIpc) is 2.17. The highest BCUT2D eigenvalue weighted by Crippen LogP contribution is 2.27. The van der Waals surface area contributed by atoms with Crippen LogP contribution in [-0.4, -0.2) is 23.2 Å². The Kier molecular flexibility index (Phi) is 2.95. The number of aromatic hydroxyl groups is 1.